The van der Waals surface area contributed by atoms with Crippen LogP contribution in [0.2, 0.25) is 0 Å². The minimum Gasteiger partial charge on any atom is -0.455 e. The molecular weight excluding hydrogens is 847 g/mol. The smallest absolute Gasteiger partial charge is 0.143 e. The second-order valence-corrected chi connectivity index (χ2v) is 19.9. The maximum Gasteiger partial charge on any atom is 0.143 e. The van der Waals surface area contributed by atoms with Crippen LogP contribution >= 0.6 is 0 Å². The lowest BCUT2D eigenvalue weighted by molar-refractivity contribution is 0.662. The van der Waals surface area contributed by atoms with Crippen molar-refractivity contribution in [3.05, 3.63) is 270 Å². The lowest BCUT2D eigenvalue weighted by Gasteiger charge is -2.33. The lowest BCUT2D eigenvalue weighted by atomic mass is 9.70. The molecule has 11 aromatic carbocycles. The summed E-state index contributed by atoms with van der Waals surface area (Å²) in [6.45, 7) is 4.75. The number of hydrogen-bond donors (Lipinski definition) is 0. The van der Waals surface area contributed by atoms with Gasteiger partial charge in [0.05, 0.1) is 11.1 Å². The zero-order valence-electron chi connectivity index (χ0n) is 38.9. The number of hydrogen-bond acceptors (Lipinski definition) is 2. The predicted octanol–water partition coefficient (Wildman–Crippen LogP) is 18.2. The summed E-state index contributed by atoms with van der Waals surface area (Å²) in [6.07, 6.45) is 0. The van der Waals surface area contributed by atoms with E-state index in [0.717, 1.165) is 55.5 Å². The molecule has 328 valence electrons. The molecule has 0 aliphatic heterocycles. The zero-order chi connectivity index (χ0) is 46.3. The van der Waals surface area contributed by atoms with E-state index in [9.17, 15) is 0 Å². The Bertz CT molecular complexity index is 4100. The monoisotopic (exact) mass is 891 g/mol. The van der Waals surface area contributed by atoms with Gasteiger partial charge >= 0.3 is 0 Å². The lowest BCUT2D eigenvalue weighted by Crippen LogP contribution is -2.26. The molecule has 1 spiro atoms. The van der Waals surface area contributed by atoms with Crippen molar-refractivity contribution in [3.63, 3.8) is 0 Å². The normalized spacial score (nSPS) is 14.1. The summed E-state index contributed by atoms with van der Waals surface area (Å²) in [5, 5.41) is 4.54. The molecule has 1 aromatic heterocycles. The Morgan fingerprint density at radius 1 is 0.343 bits per heavy atom. The van der Waals surface area contributed by atoms with Crippen molar-refractivity contribution in [1.82, 2.24) is 0 Å². The SMILES string of the molecule is CC1(C)c2ccccc2-c2cccc(-c3ccc(N(c4ccc5c(c4)C4(c6ccccc6-c6ccccc64)c4ccccc4-5)c4ccccc4-c4ccc5oc6c7ccccc7ccc6c5c4)cc3)c21. The average molecular weight is 892 g/mol. The molecule has 0 fully saturated rings. The highest BCUT2D eigenvalue weighted by Gasteiger charge is 2.51. The number of nitrogens with zero attached hydrogens (tertiary/aromatic N) is 1. The van der Waals surface area contributed by atoms with Gasteiger partial charge < -0.3 is 9.32 Å². The molecule has 0 saturated carbocycles. The van der Waals surface area contributed by atoms with Crippen molar-refractivity contribution in [1.29, 1.82) is 0 Å². The van der Waals surface area contributed by atoms with Gasteiger partial charge in [0.15, 0.2) is 0 Å². The largest absolute Gasteiger partial charge is 0.455 e. The molecule has 2 nitrogen and oxygen atoms in total. The van der Waals surface area contributed by atoms with Crippen LogP contribution in [0, 0.1) is 0 Å². The Labute approximate surface area is 407 Å². The fraction of sp³-hybridized carbons (Fsp3) is 0.0588. The van der Waals surface area contributed by atoms with Crippen LogP contribution in [0.25, 0.3) is 88.3 Å². The molecule has 0 amide bonds. The highest BCUT2D eigenvalue weighted by Crippen LogP contribution is 2.63. The van der Waals surface area contributed by atoms with Crippen LogP contribution in [0.15, 0.2) is 241 Å². The third kappa shape index (κ3) is 5.23. The minimum atomic E-state index is -0.472. The van der Waals surface area contributed by atoms with Crippen molar-refractivity contribution < 1.29 is 4.42 Å². The topological polar surface area (TPSA) is 16.4 Å². The van der Waals surface area contributed by atoms with Gasteiger partial charge in [-0.1, -0.05) is 202 Å². The maximum absolute atomic E-state index is 6.63. The first-order chi connectivity index (χ1) is 34.5. The van der Waals surface area contributed by atoms with Gasteiger partial charge in [0, 0.05) is 38.5 Å². The van der Waals surface area contributed by atoms with Gasteiger partial charge in [-0.2, -0.15) is 0 Å². The van der Waals surface area contributed by atoms with E-state index in [2.05, 4.69) is 255 Å². The first-order valence-corrected chi connectivity index (χ1v) is 24.5. The molecule has 0 atom stereocenters. The fourth-order valence-corrected chi connectivity index (χ4v) is 13.1. The van der Waals surface area contributed by atoms with E-state index >= 15 is 0 Å². The molecule has 3 aliphatic rings. The van der Waals surface area contributed by atoms with Crippen LogP contribution in [-0.4, -0.2) is 0 Å². The summed E-state index contributed by atoms with van der Waals surface area (Å²) in [4.78, 5) is 2.49. The van der Waals surface area contributed by atoms with Gasteiger partial charge in [0.2, 0.25) is 0 Å². The second kappa shape index (κ2) is 14.4. The highest BCUT2D eigenvalue weighted by molar-refractivity contribution is 6.16. The van der Waals surface area contributed by atoms with Crippen LogP contribution in [-0.2, 0) is 10.8 Å². The Balaban J connectivity index is 0.948. The van der Waals surface area contributed by atoms with Gasteiger partial charge in [-0.3, -0.25) is 0 Å². The first-order valence-electron chi connectivity index (χ1n) is 24.5. The number of rotatable bonds is 5. The molecule has 0 N–H and O–H groups in total. The molecule has 3 aliphatic carbocycles. The van der Waals surface area contributed by atoms with Crippen molar-refractivity contribution in [2.75, 3.05) is 4.90 Å². The molecule has 0 saturated heterocycles. The number of para-hydroxylation sites is 1. The Hall–Kier alpha value is -8.72. The van der Waals surface area contributed by atoms with Gasteiger partial charge in [-0.25, -0.2) is 0 Å². The average Bonchev–Trinajstić information content (AvgIpc) is 4.11. The molecule has 0 unspecified atom stereocenters. The fourth-order valence-electron chi connectivity index (χ4n) is 13.1. The van der Waals surface area contributed by atoms with Gasteiger partial charge in [-0.05, 0) is 137 Å². The van der Waals surface area contributed by atoms with Gasteiger partial charge in [-0.15, -0.1) is 0 Å². The van der Waals surface area contributed by atoms with E-state index in [1.807, 2.05) is 0 Å². The standard InChI is InChI=1S/C68H45NO/c1-67(2)58-25-10-5-22-53(58)55-24-15-23-48(65(55)67)43-30-34-45(35-31-43)69(63-29-14-9-17-47(63)44-33-39-64-57(40-44)56-37-32-42-16-3-4-18-49(42)66(56)70-64)46-36-38-54-52-21-8-13-28-61(52)68(62(54)41-46)59-26-11-6-19-50(59)51-20-7-12-27-60(51)68/h3-41H,1-2H3. The van der Waals surface area contributed by atoms with Crippen molar-refractivity contribution in [2.24, 2.45) is 0 Å². The zero-order valence-corrected chi connectivity index (χ0v) is 38.9. The van der Waals surface area contributed by atoms with Crippen molar-refractivity contribution in [3.8, 4) is 55.6 Å². The maximum atomic E-state index is 6.63. The highest BCUT2D eigenvalue weighted by atomic mass is 16.3. The van der Waals surface area contributed by atoms with Crippen LogP contribution in [0.1, 0.15) is 47.2 Å². The van der Waals surface area contributed by atoms with E-state index in [1.54, 1.807) is 0 Å². The molecule has 15 rings (SSSR count). The number of fused-ring (bicyclic) bond motifs is 18. The molecular formula is C68H45NO. The second-order valence-electron chi connectivity index (χ2n) is 19.9. The van der Waals surface area contributed by atoms with Crippen LogP contribution in [0.3, 0.4) is 0 Å². The third-order valence-corrected chi connectivity index (χ3v) is 16.1. The minimum absolute atomic E-state index is 0.129. The molecule has 2 heteroatoms. The van der Waals surface area contributed by atoms with Crippen LogP contribution in [0.5, 0.6) is 0 Å². The van der Waals surface area contributed by atoms with E-state index in [-0.39, 0.29) is 5.41 Å². The number of furan rings is 1. The summed E-state index contributed by atoms with van der Waals surface area (Å²) in [6, 6.07) is 88.0. The third-order valence-electron chi connectivity index (χ3n) is 16.1. The summed E-state index contributed by atoms with van der Waals surface area (Å²) in [7, 11) is 0. The summed E-state index contributed by atoms with van der Waals surface area (Å²) in [5.41, 5.74) is 25.2. The molecule has 0 radical (unpaired) electrons. The molecule has 12 aromatic rings. The van der Waals surface area contributed by atoms with Crippen molar-refractivity contribution in [2.45, 2.75) is 24.7 Å². The van der Waals surface area contributed by atoms with Gasteiger partial charge in [0.25, 0.3) is 0 Å². The Morgan fingerprint density at radius 3 is 1.60 bits per heavy atom. The molecule has 0 bridgehead atoms. The number of benzene rings is 11. The van der Waals surface area contributed by atoms with Gasteiger partial charge in [0.1, 0.15) is 11.2 Å². The quantitative estimate of drug-likeness (QED) is 0.171. The molecule has 70 heavy (non-hydrogen) atoms. The van der Waals surface area contributed by atoms with E-state index in [1.165, 1.54) is 83.3 Å². The van der Waals surface area contributed by atoms with Crippen LogP contribution in [0.4, 0.5) is 17.1 Å². The summed E-state index contributed by atoms with van der Waals surface area (Å²) in [5.74, 6) is 0. The van der Waals surface area contributed by atoms with Crippen LogP contribution < -0.4 is 4.90 Å². The summed E-state index contributed by atoms with van der Waals surface area (Å²) >= 11 is 0. The first kappa shape index (κ1) is 39.3. The number of anilines is 3. The van der Waals surface area contributed by atoms with E-state index in [0.29, 0.717) is 0 Å². The Kier molecular flexibility index (Phi) is 8.08. The Morgan fingerprint density at radius 2 is 0.886 bits per heavy atom. The predicted molar refractivity (Wildman–Crippen MR) is 291 cm³/mol. The summed E-state index contributed by atoms with van der Waals surface area (Å²) < 4.78 is 6.63. The van der Waals surface area contributed by atoms with E-state index in [4.69, 9.17) is 4.42 Å². The molecule has 1 heterocycles. The van der Waals surface area contributed by atoms with Crippen molar-refractivity contribution >= 4 is 49.8 Å². The van der Waals surface area contributed by atoms with E-state index < -0.39 is 5.41 Å².